The molecule has 0 aliphatic heterocycles. The molecule has 1 aliphatic rings. The summed E-state index contributed by atoms with van der Waals surface area (Å²) in [6.07, 6.45) is 6.37. The Morgan fingerprint density at radius 2 is 2.35 bits per heavy atom. The third-order valence-electron chi connectivity index (χ3n) is 3.53. The Morgan fingerprint density at radius 3 is 3.06 bits per heavy atom. The first-order chi connectivity index (χ1) is 8.11. The molecular weight excluding hydrogens is 216 g/mol. The average molecular weight is 238 g/mol. The fourth-order valence-corrected chi connectivity index (χ4v) is 2.76. The van der Waals surface area contributed by atoms with Crippen LogP contribution in [0, 0.1) is 5.92 Å². The first-order valence-corrected chi connectivity index (χ1v) is 6.65. The third-order valence-corrected chi connectivity index (χ3v) is 3.53. The van der Waals surface area contributed by atoms with E-state index >= 15 is 0 Å². The van der Waals surface area contributed by atoms with Gasteiger partial charge < -0.3 is 9.63 Å². The highest BCUT2D eigenvalue weighted by Gasteiger charge is 2.34. The van der Waals surface area contributed by atoms with Crippen LogP contribution in [-0.2, 0) is 12.8 Å². The molecular formula is C13H22N2O2. The lowest BCUT2D eigenvalue weighted by molar-refractivity contribution is -0.0180. The Morgan fingerprint density at radius 1 is 1.53 bits per heavy atom. The molecule has 0 amide bonds. The van der Waals surface area contributed by atoms with Gasteiger partial charge in [-0.1, -0.05) is 31.8 Å². The van der Waals surface area contributed by atoms with E-state index in [1.54, 1.807) is 0 Å². The summed E-state index contributed by atoms with van der Waals surface area (Å²) in [6, 6.07) is 0. The number of aromatic nitrogens is 2. The second-order valence-corrected chi connectivity index (χ2v) is 5.46. The smallest absolute Gasteiger partial charge is 0.229 e. The molecule has 0 bridgehead atoms. The van der Waals surface area contributed by atoms with E-state index in [0.717, 1.165) is 37.9 Å². The van der Waals surface area contributed by atoms with Crippen LogP contribution in [-0.4, -0.2) is 20.8 Å². The first kappa shape index (κ1) is 12.6. The van der Waals surface area contributed by atoms with Gasteiger partial charge in [-0.05, 0) is 25.2 Å². The van der Waals surface area contributed by atoms with E-state index in [9.17, 15) is 5.11 Å². The highest BCUT2D eigenvalue weighted by molar-refractivity contribution is 4.95. The van der Waals surface area contributed by atoms with E-state index in [-0.39, 0.29) is 0 Å². The molecule has 0 saturated heterocycles. The summed E-state index contributed by atoms with van der Waals surface area (Å²) in [5.41, 5.74) is -0.631. The van der Waals surface area contributed by atoms with Crippen LogP contribution >= 0.6 is 0 Å². The van der Waals surface area contributed by atoms with Gasteiger partial charge in [-0.3, -0.25) is 0 Å². The summed E-state index contributed by atoms with van der Waals surface area (Å²) >= 11 is 0. The Hall–Kier alpha value is -0.900. The molecule has 1 fully saturated rings. The predicted molar refractivity (Wildman–Crippen MR) is 64.6 cm³/mol. The average Bonchev–Trinajstić information content (AvgIpc) is 2.64. The van der Waals surface area contributed by atoms with E-state index in [2.05, 4.69) is 24.0 Å². The molecule has 0 spiro atoms. The highest BCUT2D eigenvalue weighted by Crippen LogP contribution is 2.34. The Kier molecular flexibility index (Phi) is 3.82. The number of aliphatic hydroxyl groups is 1. The molecule has 1 aromatic heterocycles. The third kappa shape index (κ3) is 3.28. The topological polar surface area (TPSA) is 59.2 Å². The predicted octanol–water partition coefficient (Wildman–Crippen LogP) is 2.51. The zero-order chi connectivity index (χ0) is 12.3. The molecule has 96 valence electrons. The Balaban J connectivity index is 1.98. The van der Waals surface area contributed by atoms with Crippen LogP contribution in [0.3, 0.4) is 0 Å². The van der Waals surface area contributed by atoms with Gasteiger partial charge in [0.05, 0.1) is 12.0 Å². The van der Waals surface area contributed by atoms with Gasteiger partial charge >= 0.3 is 0 Å². The van der Waals surface area contributed by atoms with Crippen molar-refractivity contribution in [3.8, 4) is 0 Å². The number of nitrogens with zero attached hydrogens (tertiary/aromatic N) is 2. The molecule has 4 heteroatoms. The minimum atomic E-state index is -0.631. The molecule has 0 unspecified atom stereocenters. The molecule has 0 aromatic carbocycles. The minimum absolute atomic E-state index is 0.508. The van der Waals surface area contributed by atoms with Crippen molar-refractivity contribution in [1.29, 1.82) is 0 Å². The van der Waals surface area contributed by atoms with Crippen LogP contribution in [0.15, 0.2) is 4.52 Å². The maximum Gasteiger partial charge on any atom is 0.229 e. The van der Waals surface area contributed by atoms with Crippen molar-refractivity contribution >= 4 is 0 Å². The van der Waals surface area contributed by atoms with Gasteiger partial charge in [0.25, 0.3) is 0 Å². The quantitative estimate of drug-likeness (QED) is 0.875. The summed E-state index contributed by atoms with van der Waals surface area (Å²) in [5.74, 6) is 1.94. The van der Waals surface area contributed by atoms with E-state index in [4.69, 9.17) is 4.52 Å². The SMILES string of the molecule is CCCc1noc(C[C@]2(O)CCC[C@@H](C)C2)n1. The second kappa shape index (κ2) is 5.17. The summed E-state index contributed by atoms with van der Waals surface area (Å²) < 4.78 is 5.20. The van der Waals surface area contributed by atoms with E-state index in [1.807, 2.05) is 0 Å². The van der Waals surface area contributed by atoms with Crippen LogP contribution in [0.25, 0.3) is 0 Å². The lowest BCUT2D eigenvalue weighted by Gasteiger charge is -2.34. The normalized spacial score (nSPS) is 29.5. The first-order valence-electron chi connectivity index (χ1n) is 6.65. The van der Waals surface area contributed by atoms with Crippen LogP contribution in [0.4, 0.5) is 0 Å². The summed E-state index contributed by atoms with van der Waals surface area (Å²) in [7, 11) is 0. The van der Waals surface area contributed by atoms with Crippen molar-refractivity contribution < 1.29 is 9.63 Å². The van der Waals surface area contributed by atoms with Gasteiger partial charge in [-0.25, -0.2) is 0 Å². The molecule has 1 aliphatic carbocycles. The van der Waals surface area contributed by atoms with Crippen LogP contribution in [0.2, 0.25) is 0 Å². The molecule has 1 N–H and O–H groups in total. The lowest BCUT2D eigenvalue weighted by Crippen LogP contribution is -2.36. The Bertz CT molecular complexity index is 364. The van der Waals surface area contributed by atoms with E-state index < -0.39 is 5.60 Å². The zero-order valence-electron chi connectivity index (χ0n) is 10.8. The van der Waals surface area contributed by atoms with Gasteiger partial charge in [0.1, 0.15) is 0 Å². The zero-order valence-corrected chi connectivity index (χ0v) is 10.8. The number of rotatable bonds is 4. The van der Waals surface area contributed by atoms with Crippen molar-refractivity contribution in [2.24, 2.45) is 5.92 Å². The van der Waals surface area contributed by atoms with Gasteiger partial charge in [0.15, 0.2) is 5.82 Å². The van der Waals surface area contributed by atoms with Gasteiger partial charge in [-0.2, -0.15) is 4.98 Å². The van der Waals surface area contributed by atoms with Crippen molar-refractivity contribution in [1.82, 2.24) is 10.1 Å². The largest absolute Gasteiger partial charge is 0.389 e. The number of hydrogen-bond acceptors (Lipinski definition) is 4. The van der Waals surface area contributed by atoms with Crippen molar-refractivity contribution in [2.75, 3.05) is 0 Å². The summed E-state index contributed by atoms with van der Waals surface area (Å²) in [5, 5.41) is 14.4. The van der Waals surface area contributed by atoms with Gasteiger partial charge in [-0.15, -0.1) is 0 Å². The van der Waals surface area contributed by atoms with E-state index in [1.165, 1.54) is 6.42 Å². The molecule has 2 atom stereocenters. The van der Waals surface area contributed by atoms with Crippen LogP contribution < -0.4 is 0 Å². The van der Waals surface area contributed by atoms with Crippen LogP contribution in [0.5, 0.6) is 0 Å². The fourth-order valence-electron chi connectivity index (χ4n) is 2.76. The van der Waals surface area contributed by atoms with Crippen molar-refractivity contribution in [2.45, 2.75) is 64.4 Å². The highest BCUT2D eigenvalue weighted by atomic mass is 16.5. The van der Waals surface area contributed by atoms with Crippen LogP contribution in [0.1, 0.15) is 57.7 Å². The molecule has 1 saturated carbocycles. The second-order valence-electron chi connectivity index (χ2n) is 5.46. The molecule has 4 nitrogen and oxygen atoms in total. The number of aryl methyl sites for hydroxylation is 1. The monoisotopic (exact) mass is 238 g/mol. The maximum absolute atomic E-state index is 10.5. The molecule has 1 heterocycles. The standard InChI is InChI=1S/C13H22N2O2/c1-3-5-11-14-12(17-15-11)9-13(16)7-4-6-10(2)8-13/h10,16H,3-9H2,1-2H3/t10-,13+/m1/s1. The van der Waals surface area contributed by atoms with Crippen molar-refractivity contribution in [3.05, 3.63) is 11.7 Å². The molecule has 17 heavy (non-hydrogen) atoms. The maximum atomic E-state index is 10.5. The summed E-state index contributed by atoms with van der Waals surface area (Å²) in [4.78, 5) is 4.33. The van der Waals surface area contributed by atoms with Crippen molar-refractivity contribution in [3.63, 3.8) is 0 Å². The molecule has 1 aromatic rings. The summed E-state index contributed by atoms with van der Waals surface area (Å²) in [6.45, 7) is 4.28. The molecule has 2 rings (SSSR count). The Labute approximate surface area is 102 Å². The van der Waals surface area contributed by atoms with Gasteiger partial charge in [0, 0.05) is 6.42 Å². The number of hydrogen-bond donors (Lipinski definition) is 1. The molecule has 0 radical (unpaired) electrons. The fraction of sp³-hybridized carbons (Fsp3) is 0.846. The lowest BCUT2D eigenvalue weighted by atomic mass is 9.77. The van der Waals surface area contributed by atoms with Gasteiger partial charge in [0.2, 0.25) is 5.89 Å². The minimum Gasteiger partial charge on any atom is -0.389 e. The van der Waals surface area contributed by atoms with E-state index in [0.29, 0.717) is 18.2 Å².